The molecule has 0 atom stereocenters. The van der Waals surface area contributed by atoms with E-state index in [0.29, 0.717) is 32.0 Å². The Balaban J connectivity index is 1.37. The lowest BCUT2D eigenvalue weighted by atomic mass is 9.95. The molecule has 2 aromatic rings. The fourth-order valence-corrected chi connectivity index (χ4v) is 4.27. The van der Waals surface area contributed by atoms with Gasteiger partial charge in [-0.2, -0.15) is 0 Å². The second-order valence-electron chi connectivity index (χ2n) is 8.32. The molecule has 1 fully saturated rings. The van der Waals surface area contributed by atoms with E-state index in [9.17, 15) is 9.59 Å². The van der Waals surface area contributed by atoms with Crippen molar-refractivity contribution in [2.24, 2.45) is 0 Å². The summed E-state index contributed by atoms with van der Waals surface area (Å²) in [5.74, 6) is 1.85. The standard InChI is InChI=1S/C21H29N5O3/c1-14(2)26-12-8-17-18(13-26)23-20(24-21(17)28)15-6-10-25(11-7-15)19(27)4-3-16-5-9-22-29-16/h5,9,14-15H,3-4,6-8,10-13H2,1-2H3,(H,23,24,28). The van der Waals surface area contributed by atoms with Crippen LogP contribution in [-0.2, 0) is 24.2 Å². The number of fused-ring (bicyclic) bond motifs is 1. The molecule has 1 saturated heterocycles. The summed E-state index contributed by atoms with van der Waals surface area (Å²) in [6.07, 6.45) is 5.00. The average Bonchev–Trinajstić information content (AvgIpc) is 3.25. The van der Waals surface area contributed by atoms with E-state index in [4.69, 9.17) is 9.51 Å². The maximum Gasteiger partial charge on any atom is 0.254 e. The normalized spacial score (nSPS) is 18.2. The zero-order valence-corrected chi connectivity index (χ0v) is 17.2. The molecule has 0 aliphatic carbocycles. The van der Waals surface area contributed by atoms with E-state index in [1.54, 1.807) is 12.3 Å². The Bertz CT molecular complexity index is 898. The van der Waals surface area contributed by atoms with Crippen molar-refractivity contribution in [1.82, 2.24) is 24.9 Å². The smallest absolute Gasteiger partial charge is 0.254 e. The maximum atomic E-state index is 12.6. The molecule has 0 radical (unpaired) electrons. The number of aromatic amines is 1. The van der Waals surface area contributed by atoms with Crippen molar-refractivity contribution in [3.8, 4) is 0 Å². The molecular weight excluding hydrogens is 370 g/mol. The van der Waals surface area contributed by atoms with Crippen molar-refractivity contribution >= 4 is 5.91 Å². The number of nitrogens with one attached hydrogen (secondary N) is 1. The summed E-state index contributed by atoms with van der Waals surface area (Å²) in [7, 11) is 0. The number of aromatic nitrogens is 3. The van der Waals surface area contributed by atoms with Crippen molar-refractivity contribution in [2.45, 2.75) is 64.5 Å². The molecule has 8 nitrogen and oxygen atoms in total. The lowest BCUT2D eigenvalue weighted by Crippen LogP contribution is -2.41. The number of carbonyl (C=O) groups is 1. The highest BCUT2D eigenvalue weighted by molar-refractivity contribution is 5.76. The summed E-state index contributed by atoms with van der Waals surface area (Å²) in [6.45, 7) is 7.38. The van der Waals surface area contributed by atoms with E-state index in [1.165, 1.54) is 0 Å². The van der Waals surface area contributed by atoms with Crippen LogP contribution in [0.5, 0.6) is 0 Å². The van der Waals surface area contributed by atoms with E-state index in [-0.39, 0.29) is 17.4 Å². The van der Waals surface area contributed by atoms with Gasteiger partial charge in [0.05, 0.1) is 11.9 Å². The van der Waals surface area contributed by atoms with E-state index < -0.39 is 0 Å². The van der Waals surface area contributed by atoms with E-state index in [2.05, 4.69) is 28.9 Å². The van der Waals surface area contributed by atoms with Crippen LogP contribution < -0.4 is 5.56 Å². The highest BCUT2D eigenvalue weighted by Gasteiger charge is 2.28. The second-order valence-corrected chi connectivity index (χ2v) is 8.32. The molecule has 1 amide bonds. The molecule has 2 aliphatic heterocycles. The minimum absolute atomic E-state index is 0.0129. The molecule has 29 heavy (non-hydrogen) atoms. The minimum Gasteiger partial charge on any atom is -0.361 e. The Morgan fingerprint density at radius 3 is 2.79 bits per heavy atom. The summed E-state index contributed by atoms with van der Waals surface area (Å²) in [5.41, 5.74) is 1.78. The third kappa shape index (κ3) is 4.42. The van der Waals surface area contributed by atoms with Crippen LogP contribution in [0, 0.1) is 0 Å². The van der Waals surface area contributed by atoms with E-state index >= 15 is 0 Å². The molecule has 2 aliphatic rings. The predicted molar refractivity (Wildman–Crippen MR) is 107 cm³/mol. The largest absolute Gasteiger partial charge is 0.361 e. The number of aryl methyl sites for hydroxylation is 1. The number of H-pyrrole nitrogens is 1. The second kappa shape index (κ2) is 8.49. The first-order valence-electron chi connectivity index (χ1n) is 10.5. The molecule has 0 unspecified atom stereocenters. The molecule has 8 heteroatoms. The summed E-state index contributed by atoms with van der Waals surface area (Å²) in [5, 5.41) is 3.67. The molecule has 1 N–H and O–H groups in total. The van der Waals surface area contributed by atoms with Gasteiger partial charge in [-0.1, -0.05) is 5.16 Å². The summed E-state index contributed by atoms with van der Waals surface area (Å²) < 4.78 is 5.06. The van der Waals surface area contributed by atoms with Gasteiger partial charge in [-0.3, -0.25) is 14.5 Å². The first-order valence-corrected chi connectivity index (χ1v) is 10.5. The molecule has 2 aromatic heterocycles. The maximum absolute atomic E-state index is 12.6. The Morgan fingerprint density at radius 1 is 1.31 bits per heavy atom. The molecule has 156 valence electrons. The highest BCUT2D eigenvalue weighted by atomic mass is 16.5. The van der Waals surface area contributed by atoms with E-state index in [1.807, 2.05) is 4.90 Å². The lowest BCUT2D eigenvalue weighted by Gasteiger charge is -2.33. The van der Waals surface area contributed by atoms with Gasteiger partial charge in [0.25, 0.3) is 5.56 Å². The van der Waals surface area contributed by atoms with Crippen molar-refractivity contribution < 1.29 is 9.32 Å². The Morgan fingerprint density at radius 2 is 2.10 bits per heavy atom. The van der Waals surface area contributed by atoms with Gasteiger partial charge >= 0.3 is 0 Å². The summed E-state index contributed by atoms with van der Waals surface area (Å²) in [4.78, 5) is 37.2. The SMILES string of the molecule is CC(C)N1CCc2c(nc(C3CCN(C(=O)CCc4ccno4)CC3)[nH]c2=O)C1. The first kappa shape index (κ1) is 19.8. The number of rotatable bonds is 5. The fourth-order valence-electron chi connectivity index (χ4n) is 4.27. The molecule has 0 spiro atoms. The number of nitrogens with zero attached hydrogens (tertiary/aromatic N) is 4. The Hall–Kier alpha value is -2.48. The van der Waals surface area contributed by atoms with Crippen LogP contribution in [0.1, 0.15) is 61.9 Å². The van der Waals surface area contributed by atoms with Crippen LogP contribution in [0.3, 0.4) is 0 Å². The van der Waals surface area contributed by atoms with E-state index in [0.717, 1.165) is 55.2 Å². The molecule has 0 saturated carbocycles. The zero-order valence-electron chi connectivity index (χ0n) is 17.2. The van der Waals surface area contributed by atoms with Gasteiger partial charge in [-0.15, -0.1) is 0 Å². The number of hydrogen-bond donors (Lipinski definition) is 1. The number of likely N-dealkylation sites (tertiary alicyclic amines) is 1. The number of hydrogen-bond acceptors (Lipinski definition) is 6. The lowest BCUT2D eigenvalue weighted by molar-refractivity contribution is -0.132. The topological polar surface area (TPSA) is 95.3 Å². The predicted octanol–water partition coefficient (Wildman–Crippen LogP) is 1.86. The zero-order chi connectivity index (χ0) is 20.4. The van der Waals surface area contributed by atoms with Crippen LogP contribution >= 0.6 is 0 Å². The van der Waals surface area contributed by atoms with Crippen molar-refractivity contribution in [2.75, 3.05) is 19.6 Å². The van der Waals surface area contributed by atoms with Gasteiger partial charge in [0.2, 0.25) is 5.91 Å². The summed E-state index contributed by atoms with van der Waals surface area (Å²) >= 11 is 0. The van der Waals surface area contributed by atoms with Gasteiger partial charge in [0.15, 0.2) is 0 Å². The molecular formula is C21H29N5O3. The third-order valence-electron chi connectivity index (χ3n) is 6.16. The minimum atomic E-state index is 0.0129. The van der Waals surface area contributed by atoms with Crippen LogP contribution in [0.2, 0.25) is 0 Å². The monoisotopic (exact) mass is 399 g/mol. The van der Waals surface area contributed by atoms with Gasteiger partial charge in [-0.25, -0.2) is 4.98 Å². The summed E-state index contributed by atoms with van der Waals surface area (Å²) in [6, 6.07) is 2.23. The number of piperidine rings is 1. The van der Waals surface area contributed by atoms with Crippen molar-refractivity contribution in [1.29, 1.82) is 0 Å². The average molecular weight is 399 g/mol. The van der Waals surface area contributed by atoms with Crippen LogP contribution in [-0.4, -0.2) is 56.5 Å². The van der Waals surface area contributed by atoms with Crippen LogP contribution in [0.15, 0.2) is 21.6 Å². The highest BCUT2D eigenvalue weighted by Crippen LogP contribution is 2.27. The van der Waals surface area contributed by atoms with Crippen molar-refractivity contribution in [3.63, 3.8) is 0 Å². The number of amides is 1. The molecule has 0 bridgehead atoms. The van der Waals surface area contributed by atoms with Crippen molar-refractivity contribution in [3.05, 3.63) is 45.5 Å². The Labute approximate surface area is 170 Å². The molecule has 0 aromatic carbocycles. The third-order valence-corrected chi connectivity index (χ3v) is 6.16. The van der Waals surface area contributed by atoms with Crippen LogP contribution in [0.25, 0.3) is 0 Å². The number of carbonyl (C=O) groups excluding carboxylic acids is 1. The first-order chi connectivity index (χ1) is 14.0. The molecule has 4 rings (SSSR count). The van der Waals surface area contributed by atoms with Gasteiger partial charge in [0, 0.05) is 62.6 Å². The Kier molecular flexibility index (Phi) is 5.80. The quantitative estimate of drug-likeness (QED) is 0.825. The fraction of sp³-hybridized carbons (Fsp3) is 0.619. The van der Waals surface area contributed by atoms with Gasteiger partial charge in [0.1, 0.15) is 11.6 Å². The molecule has 4 heterocycles. The van der Waals surface area contributed by atoms with Gasteiger partial charge < -0.3 is 14.4 Å². The van der Waals surface area contributed by atoms with Crippen LogP contribution in [0.4, 0.5) is 0 Å². The van der Waals surface area contributed by atoms with Gasteiger partial charge in [-0.05, 0) is 33.1 Å².